The van der Waals surface area contributed by atoms with Crippen molar-refractivity contribution in [1.29, 1.82) is 0 Å². The van der Waals surface area contributed by atoms with Gasteiger partial charge in [-0.25, -0.2) is 0 Å². The maximum Gasteiger partial charge on any atom is 0.0190 e. The molecule has 1 N–H and O–H groups in total. The number of aryl methyl sites for hydroxylation is 1. The number of hydrogen-bond donors (Lipinski definition) is 1. The van der Waals surface area contributed by atoms with Crippen LogP contribution in [-0.2, 0) is 5.75 Å². The van der Waals surface area contributed by atoms with Gasteiger partial charge in [-0.15, -0.1) is 6.58 Å². The molecule has 0 aliphatic heterocycles. The van der Waals surface area contributed by atoms with Crippen LogP contribution in [0.3, 0.4) is 0 Å². The lowest BCUT2D eigenvalue weighted by atomic mass is 10.1. The molecule has 1 rings (SSSR count). The molecule has 1 aromatic carbocycles. The van der Waals surface area contributed by atoms with Crippen LogP contribution in [0.25, 0.3) is 0 Å². The average Bonchev–Trinajstić information content (AvgIpc) is 2.28. The van der Waals surface area contributed by atoms with E-state index in [1.165, 1.54) is 11.1 Å². The Balaban J connectivity index is 2.28. The Kier molecular flexibility index (Phi) is 6.27. The smallest absolute Gasteiger partial charge is 0.0190 e. The fraction of sp³-hybridized carbons (Fsp3) is 0.429. The highest BCUT2D eigenvalue weighted by atomic mass is 32.2. The molecule has 88 valence electrons. The first kappa shape index (κ1) is 13.3. The second kappa shape index (κ2) is 7.53. The quantitative estimate of drug-likeness (QED) is 0.574. The number of thioether (sulfide) groups is 1. The van der Waals surface area contributed by atoms with Crippen LogP contribution in [0.4, 0.5) is 0 Å². The number of nitrogens with one attached hydrogen (secondary N) is 1. The first-order valence-corrected chi connectivity index (χ1v) is 6.76. The maximum absolute atomic E-state index is 3.69. The van der Waals surface area contributed by atoms with Crippen molar-refractivity contribution < 1.29 is 0 Å². The molecular formula is C14H21NS. The minimum Gasteiger partial charge on any atom is -0.312 e. The van der Waals surface area contributed by atoms with E-state index in [1.807, 2.05) is 17.8 Å². The summed E-state index contributed by atoms with van der Waals surface area (Å²) in [6.45, 7) is 10.1. The second-order valence-corrected chi connectivity index (χ2v) is 5.42. The van der Waals surface area contributed by atoms with Gasteiger partial charge in [0.05, 0.1) is 0 Å². The lowest BCUT2D eigenvalue weighted by Gasteiger charge is -2.12. The van der Waals surface area contributed by atoms with Crippen LogP contribution in [0.15, 0.2) is 36.9 Å². The molecule has 2 heteroatoms. The van der Waals surface area contributed by atoms with E-state index in [4.69, 9.17) is 0 Å². The van der Waals surface area contributed by atoms with E-state index in [0.29, 0.717) is 5.25 Å². The summed E-state index contributed by atoms with van der Waals surface area (Å²) in [5.41, 5.74) is 2.84. The summed E-state index contributed by atoms with van der Waals surface area (Å²) in [6, 6.07) is 8.60. The van der Waals surface area contributed by atoms with Crippen molar-refractivity contribution in [3.05, 3.63) is 48.0 Å². The van der Waals surface area contributed by atoms with Gasteiger partial charge in [0, 0.05) is 24.1 Å². The highest BCUT2D eigenvalue weighted by Crippen LogP contribution is 2.19. The molecule has 0 radical (unpaired) electrons. The molecule has 0 aromatic heterocycles. The molecule has 1 aromatic rings. The summed E-state index contributed by atoms with van der Waals surface area (Å²) in [5, 5.41) is 3.99. The zero-order valence-corrected chi connectivity index (χ0v) is 11.0. The third kappa shape index (κ3) is 4.86. The summed E-state index contributed by atoms with van der Waals surface area (Å²) in [6.07, 6.45) is 1.90. The van der Waals surface area contributed by atoms with Crippen molar-refractivity contribution in [3.8, 4) is 0 Å². The summed E-state index contributed by atoms with van der Waals surface area (Å²) >= 11 is 2.00. The van der Waals surface area contributed by atoms with Crippen LogP contribution in [0.5, 0.6) is 0 Å². The van der Waals surface area contributed by atoms with Crippen LogP contribution >= 0.6 is 11.8 Å². The monoisotopic (exact) mass is 235 g/mol. The van der Waals surface area contributed by atoms with Gasteiger partial charge in [0.2, 0.25) is 0 Å². The number of rotatable bonds is 7. The SMILES string of the molecule is C=CCNCC(C)SCc1ccccc1C. The minimum atomic E-state index is 0.638. The molecule has 16 heavy (non-hydrogen) atoms. The molecule has 0 saturated carbocycles. The largest absolute Gasteiger partial charge is 0.312 e. The van der Waals surface area contributed by atoms with Crippen molar-refractivity contribution in [2.75, 3.05) is 13.1 Å². The minimum absolute atomic E-state index is 0.638. The fourth-order valence-corrected chi connectivity index (χ4v) is 2.48. The Morgan fingerprint density at radius 1 is 1.44 bits per heavy atom. The Labute approximate surface area is 103 Å². The lowest BCUT2D eigenvalue weighted by Crippen LogP contribution is -2.22. The highest BCUT2D eigenvalue weighted by molar-refractivity contribution is 7.99. The van der Waals surface area contributed by atoms with Crippen molar-refractivity contribution in [2.24, 2.45) is 0 Å². The normalized spacial score (nSPS) is 12.4. The molecule has 0 aliphatic rings. The zero-order chi connectivity index (χ0) is 11.8. The van der Waals surface area contributed by atoms with Crippen molar-refractivity contribution >= 4 is 11.8 Å². The summed E-state index contributed by atoms with van der Waals surface area (Å²) in [7, 11) is 0. The van der Waals surface area contributed by atoms with Crippen molar-refractivity contribution in [2.45, 2.75) is 24.9 Å². The van der Waals surface area contributed by atoms with Crippen LogP contribution in [0, 0.1) is 6.92 Å². The van der Waals surface area contributed by atoms with E-state index < -0.39 is 0 Å². The zero-order valence-electron chi connectivity index (χ0n) is 10.2. The maximum atomic E-state index is 3.69. The van der Waals surface area contributed by atoms with Crippen LogP contribution < -0.4 is 5.32 Å². The number of hydrogen-bond acceptors (Lipinski definition) is 2. The van der Waals surface area contributed by atoms with Crippen LogP contribution in [0.2, 0.25) is 0 Å². The van der Waals surface area contributed by atoms with E-state index in [9.17, 15) is 0 Å². The fourth-order valence-electron chi connectivity index (χ4n) is 1.45. The molecule has 0 bridgehead atoms. The lowest BCUT2D eigenvalue weighted by molar-refractivity contribution is 0.740. The first-order chi connectivity index (χ1) is 7.74. The molecule has 1 nitrogen and oxygen atoms in total. The average molecular weight is 235 g/mol. The number of benzene rings is 1. The van der Waals surface area contributed by atoms with Gasteiger partial charge in [0.25, 0.3) is 0 Å². The predicted molar refractivity (Wildman–Crippen MR) is 75.0 cm³/mol. The molecule has 0 saturated heterocycles. The molecule has 0 spiro atoms. The van der Waals surface area contributed by atoms with Crippen LogP contribution in [0.1, 0.15) is 18.1 Å². The predicted octanol–water partition coefficient (Wildman–Crippen LogP) is 3.39. The van der Waals surface area contributed by atoms with Gasteiger partial charge in [-0.1, -0.05) is 37.3 Å². The van der Waals surface area contributed by atoms with Gasteiger partial charge in [-0.3, -0.25) is 0 Å². The molecule has 0 heterocycles. The highest BCUT2D eigenvalue weighted by Gasteiger charge is 2.03. The second-order valence-electron chi connectivity index (χ2n) is 4.00. The molecule has 0 aliphatic carbocycles. The van der Waals surface area contributed by atoms with Gasteiger partial charge < -0.3 is 5.32 Å². The van der Waals surface area contributed by atoms with Crippen molar-refractivity contribution in [1.82, 2.24) is 5.32 Å². The summed E-state index contributed by atoms with van der Waals surface area (Å²) in [5.74, 6) is 1.10. The molecule has 1 unspecified atom stereocenters. The molecular weight excluding hydrogens is 214 g/mol. The molecule has 1 atom stereocenters. The Morgan fingerprint density at radius 2 is 2.19 bits per heavy atom. The van der Waals surface area contributed by atoms with E-state index in [2.05, 4.69) is 50.0 Å². The molecule has 0 amide bonds. The third-order valence-electron chi connectivity index (χ3n) is 2.51. The standard InChI is InChI=1S/C14H21NS/c1-4-9-15-10-13(3)16-11-14-8-6-5-7-12(14)2/h4-8,13,15H,1,9-11H2,2-3H3. The van der Waals surface area contributed by atoms with Gasteiger partial charge in [0.15, 0.2) is 0 Å². The Morgan fingerprint density at radius 3 is 2.88 bits per heavy atom. The van der Waals surface area contributed by atoms with E-state index >= 15 is 0 Å². The van der Waals surface area contributed by atoms with Gasteiger partial charge in [0.1, 0.15) is 0 Å². The Hall–Kier alpha value is -0.730. The van der Waals surface area contributed by atoms with Crippen LogP contribution in [-0.4, -0.2) is 18.3 Å². The molecule has 0 fully saturated rings. The Bertz CT molecular complexity index is 322. The van der Waals surface area contributed by atoms with Gasteiger partial charge in [-0.2, -0.15) is 11.8 Å². The van der Waals surface area contributed by atoms with E-state index in [0.717, 1.165) is 18.8 Å². The van der Waals surface area contributed by atoms with Crippen molar-refractivity contribution in [3.63, 3.8) is 0 Å². The summed E-state index contributed by atoms with van der Waals surface area (Å²) < 4.78 is 0. The third-order valence-corrected chi connectivity index (χ3v) is 3.72. The summed E-state index contributed by atoms with van der Waals surface area (Å²) in [4.78, 5) is 0. The topological polar surface area (TPSA) is 12.0 Å². The van der Waals surface area contributed by atoms with E-state index in [-0.39, 0.29) is 0 Å². The first-order valence-electron chi connectivity index (χ1n) is 5.71. The van der Waals surface area contributed by atoms with E-state index in [1.54, 1.807) is 0 Å². The van der Waals surface area contributed by atoms with Gasteiger partial charge >= 0.3 is 0 Å². The van der Waals surface area contributed by atoms with Gasteiger partial charge in [-0.05, 0) is 18.1 Å².